The molecule has 0 amide bonds. The molecule has 0 saturated carbocycles. The van der Waals surface area contributed by atoms with Crippen molar-refractivity contribution < 1.29 is 0 Å². The van der Waals surface area contributed by atoms with E-state index in [2.05, 4.69) is 9.97 Å². The van der Waals surface area contributed by atoms with Crippen LogP contribution in [0.15, 0.2) is 16.2 Å². The summed E-state index contributed by atoms with van der Waals surface area (Å²) in [5.41, 5.74) is 1.24. The Kier molecular flexibility index (Phi) is 2.56. The highest BCUT2D eigenvalue weighted by Crippen LogP contribution is 2.28. The lowest BCUT2D eigenvalue weighted by Crippen LogP contribution is -2.03. The third-order valence-electron chi connectivity index (χ3n) is 1.81. The predicted molar refractivity (Wildman–Crippen MR) is 52.9 cm³/mol. The van der Waals surface area contributed by atoms with Crippen molar-refractivity contribution in [3.8, 4) is 0 Å². The largest absolute Gasteiger partial charge is 0.230 e. The maximum absolute atomic E-state index is 4.46. The maximum atomic E-state index is 4.46. The van der Waals surface area contributed by atoms with Gasteiger partial charge < -0.3 is 0 Å². The molecule has 0 radical (unpaired) electrons. The van der Waals surface area contributed by atoms with E-state index < -0.39 is 0 Å². The van der Waals surface area contributed by atoms with Crippen molar-refractivity contribution in [2.75, 3.05) is 12.0 Å². The van der Waals surface area contributed by atoms with Crippen LogP contribution in [0.1, 0.15) is 12.1 Å². The van der Waals surface area contributed by atoms with E-state index in [9.17, 15) is 0 Å². The van der Waals surface area contributed by atoms with Crippen molar-refractivity contribution >= 4 is 23.5 Å². The van der Waals surface area contributed by atoms with E-state index in [-0.39, 0.29) is 0 Å². The summed E-state index contributed by atoms with van der Waals surface area (Å²) in [5, 5.41) is 0.899. The molecule has 1 aromatic rings. The standard InChI is InChI=1S/C8H10N2S2/c1-11-8-9-5-7-6(10-8)3-2-4-12-7/h5H,2-4H2,1H3. The molecule has 0 aromatic carbocycles. The van der Waals surface area contributed by atoms with Gasteiger partial charge in [0.15, 0.2) is 5.16 Å². The Balaban J connectivity index is 2.36. The molecular weight excluding hydrogens is 188 g/mol. The summed E-state index contributed by atoms with van der Waals surface area (Å²) in [7, 11) is 0. The molecule has 12 heavy (non-hydrogen) atoms. The molecule has 64 valence electrons. The molecule has 0 fully saturated rings. The monoisotopic (exact) mass is 198 g/mol. The lowest BCUT2D eigenvalue weighted by Gasteiger charge is -2.13. The molecule has 0 aliphatic carbocycles. The van der Waals surface area contributed by atoms with Crippen molar-refractivity contribution in [2.45, 2.75) is 22.9 Å². The van der Waals surface area contributed by atoms with E-state index in [1.165, 1.54) is 22.8 Å². The zero-order chi connectivity index (χ0) is 8.39. The van der Waals surface area contributed by atoms with E-state index in [1.807, 2.05) is 24.2 Å². The Hall–Kier alpha value is -0.220. The van der Waals surface area contributed by atoms with E-state index >= 15 is 0 Å². The first-order valence-corrected chi connectivity index (χ1v) is 6.14. The Labute approximate surface area is 80.6 Å². The fourth-order valence-electron chi connectivity index (χ4n) is 1.21. The smallest absolute Gasteiger partial charge is 0.187 e. The molecule has 0 unspecified atom stereocenters. The molecular formula is C8H10N2S2. The average molecular weight is 198 g/mol. The van der Waals surface area contributed by atoms with Crippen LogP contribution < -0.4 is 0 Å². The second-order valence-electron chi connectivity index (χ2n) is 2.62. The highest BCUT2D eigenvalue weighted by Gasteiger charge is 2.11. The molecule has 1 aromatic heterocycles. The van der Waals surface area contributed by atoms with E-state index in [0.717, 1.165) is 11.6 Å². The van der Waals surface area contributed by atoms with Gasteiger partial charge in [-0.25, -0.2) is 9.97 Å². The summed E-state index contributed by atoms with van der Waals surface area (Å²) in [6, 6.07) is 0. The van der Waals surface area contributed by atoms with Crippen LogP contribution in [0.25, 0.3) is 0 Å². The number of rotatable bonds is 1. The van der Waals surface area contributed by atoms with Crippen molar-refractivity contribution in [1.82, 2.24) is 9.97 Å². The van der Waals surface area contributed by atoms with Crippen LogP contribution in [0.5, 0.6) is 0 Å². The number of aryl methyl sites for hydroxylation is 1. The minimum atomic E-state index is 0.899. The topological polar surface area (TPSA) is 25.8 Å². The van der Waals surface area contributed by atoms with Crippen molar-refractivity contribution in [3.63, 3.8) is 0 Å². The van der Waals surface area contributed by atoms with Crippen LogP contribution in [-0.4, -0.2) is 22.0 Å². The van der Waals surface area contributed by atoms with Crippen molar-refractivity contribution in [2.24, 2.45) is 0 Å². The fourth-order valence-corrected chi connectivity index (χ4v) is 2.52. The van der Waals surface area contributed by atoms with E-state index in [4.69, 9.17) is 0 Å². The van der Waals surface area contributed by atoms with Crippen molar-refractivity contribution in [3.05, 3.63) is 11.9 Å². The number of aromatic nitrogens is 2. The lowest BCUT2D eigenvalue weighted by molar-refractivity contribution is 0.783. The first kappa shape index (κ1) is 8.38. The Morgan fingerprint density at radius 3 is 3.33 bits per heavy atom. The Bertz CT molecular complexity index is 288. The van der Waals surface area contributed by atoms with Gasteiger partial charge >= 0.3 is 0 Å². The van der Waals surface area contributed by atoms with Gasteiger partial charge in [-0.1, -0.05) is 11.8 Å². The second kappa shape index (κ2) is 3.66. The third-order valence-corrected chi connectivity index (χ3v) is 3.51. The zero-order valence-corrected chi connectivity index (χ0v) is 8.54. The molecule has 2 heterocycles. The van der Waals surface area contributed by atoms with Gasteiger partial charge in [-0.05, 0) is 24.9 Å². The summed E-state index contributed by atoms with van der Waals surface area (Å²) in [4.78, 5) is 9.98. The van der Waals surface area contributed by atoms with Crippen LogP contribution >= 0.6 is 23.5 Å². The van der Waals surface area contributed by atoms with Gasteiger partial charge in [-0.3, -0.25) is 0 Å². The molecule has 1 aliphatic heterocycles. The first-order chi connectivity index (χ1) is 5.90. The maximum Gasteiger partial charge on any atom is 0.187 e. The summed E-state index contributed by atoms with van der Waals surface area (Å²) in [5.74, 6) is 1.22. The van der Waals surface area contributed by atoms with Crippen LogP contribution in [0, 0.1) is 0 Å². The van der Waals surface area contributed by atoms with Gasteiger partial charge in [0.25, 0.3) is 0 Å². The van der Waals surface area contributed by atoms with Crippen molar-refractivity contribution in [1.29, 1.82) is 0 Å². The molecule has 4 heteroatoms. The number of hydrogen-bond acceptors (Lipinski definition) is 4. The highest BCUT2D eigenvalue weighted by molar-refractivity contribution is 7.99. The fraction of sp³-hybridized carbons (Fsp3) is 0.500. The second-order valence-corrected chi connectivity index (χ2v) is 4.53. The number of nitrogens with zero attached hydrogens (tertiary/aromatic N) is 2. The van der Waals surface area contributed by atoms with Gasteiger partial charge in [0.05, 0.1) is 5.69 Å². The molecule has 0 atom stereocenters. The zero-order valence-electron chi connectivity index (χ0n) is 6.91. The molecule has 0 N–H and O–H groups in total. The van der Waals surface area contributed by atoms with Gasteiger partial charge in [0.1, 0.15) is 0 Å². The first-order valence-electron chi connectivity index (χ1n) is 3.93. The average Bonchev–Trinajstić information content (AvgIpc) is 2.17. The minimum Gasteiger partial charge on any atom is -0.230 e. The minimum absolute atomic E-state index is 0.899. The van der Waals surface area contributed by atoms with E-state index in [1.54, 1.807) is 11.8 Å². The Morgan fingerprint density at radius 1 is 1.58 bits per heavy atom. The quantitative estimate of drug-likeness (QED) is 0.510. The van der Waals surface area contributed by atoms with Gasteiger partial charge in [-0.2, -0.15) is 0 Å². The summed E-state index contributed by atoms with van der Waals surface area (Å²) < 4.78 is 0. The number of thioether (sulfide) groups is 2. The molecule has 2 rings (SSSR count). The van der Waals surface area contributed by atoms with Gasteiger partial charge in [0, 0.05) is 11.1 Å². The van der Waals surface area contributed by atoms with Crippen LogP contribution in [0.4, 0.5) is 0 Å². The highest BCUT2D eigenvalue weighted by atomic mass is 32.2. The SMILES string of the molecule is CSc1ncc2c(n1)CCCS2. The molecule has 0 saturated heterocycles. The van der Waals surface area contributed by atoms with Gasteiger partial charge in [-0.15, -0.1) is 11.8 Å². The van der Waals surface area contributed by atoms with E-state index in [0.29, 0.717) is 0 Å². The van der Waals surface area contributed by atoms with Gasteiger partial charge in [0.2, 0.25) is 0 Å². The summed E-state index contributed by atoms with van der Waals surface area (Å²) in [6.45, 7) is 0. The lowest BCUT2D eigenvalue weighted by atomic mass is 10.2. The predicted octanol–water partition coefficient (Wildman–Crippen LogP) is 2.24. The molecule has 0 spiro atoms. The number of fused-ring (bicyclic) bond motifs is 1. The Morgan fingerprint density at radius 2 is 2.50 bits per heavy atom. The summed E-state index contributed by atoms with van der Waals surface area (Å²) >= 11 is 3.48. The van der Waals surface area contributed by atoms with Crippen LogP contribution in [0.2, 0.25) is 0 Å². The molecule has 0 bridgehead atoms. The normalized spacial score (nSPS) is 15.8. The third kappa shape index (κ3) is 1.59. The molecule has 1 aliphatic rings. The molecule has 2 nitrogen and oxygen atoms in total. The van der Waals surface area contributed by atoms with Crippen LogP contribution in [0.3, 0.4) is 0 Å². The number of hydrogen-bond donors (Lipinski definition) is 0. The van der Waals surface area contributed by atoms with Crippen LogP contribution in [-0.2, 0) is 6.42 Å². The summed E-state index contributed by atoms with van der Waals surface area (Å²) in [6.07, 6.45) is 6.34.